The first-order chi connectivity index (χ1) is 11.7. The van der Waals surface area contributed by atoms with Crippen molar-refractivity contribution in [3.8, 4) is 11.4 Å². The number of aliphatic hydroxyl groups is 1. The molecule has 128 valence electrons. The van der Waals surface area contributed by atoms with Crippen molar-refractivity contribution < 1.29 is 9.63 Å². The summed E-state index contributed by atoms with van der Waals surface area (Å²) in [4.78, 5) is 10.9. The van der Waals surface area contributed by atoms with Gasteiger partial charge >= 0.3 is 0 Å². The average molecular weight is 349 g/mol. The van der Waals surface area contributed by atoms with E-state index in [-0.39, 0.29) is 6.10 Å². The average Bonchev–Trinajstić information content (AvgIpc) is 3.06. The van der Waals surface area contributed by atoms with Gasteiger partial charge in [-0.2, -0.15) is 4.98 Å². The van der Waals surface area contributed by atoms with E-state index in [1.54, 1.807) is 12.3 Å². The Balaban J connectivity index is 1.50. The third-order valence-electron chi connectivity index (χ3n) is 5.26. The van der Waals surface area contributed by atoms with Gasteiger partial charge in [0.1, 0.15) is 5.15 Å². The minimum absolute atomic E-state index is 0.168. The van der Waals surface area contributed by atoms with E-state index >= 15 is 0 Å². The van der Waals surface area contributed by atoms with Gasteiger partial charge < -0.3 is 9.63 Å². The largest absolute Gasteiger partial charge is 0.393 e. The summed E-state index contributed by atoms with van der Waals surface area (Å²) in [6, 6.07) is 4.05. The van der Waals surface area contributed by atoms with Gasteiger partial charge in [-0.1, -0.05) is 29.6 Å². The zero-order valence-corrected chi connectivity index (χ0v) is 14.2. The van der Waals surface area contributed by atoms with Crippen LogP contribution < -0.4 is 0 Å². The van der Waals surface area contributed by atoms with Gasteiger partial charge in [-0.25, -0.2) is 4.98 Å². The summed E-state index contributed by atoms with van der Waals surface area (Å²) in [5.74, 6) is 1.44. The second-order valence-corrected chi connectivity index (χ2v) is 7.05. The van der Waals surface area contributed by atoms with Crippen LogP contribution in [0.25, 0.3) is 11.4 Å². The molecule has 7 heteroatoms. The topological polar surface area (TPSA) is 75.3 Å². The molecule has 1 aliphatic carbocycles. The van der Waals surface area contributed by atoms with Crippen LogP contribution in [0.15, 0.2) is 22.9 Å². The zero-order chi connectivity index (χ0) is 16.5. The van der Waals surface area contributed by atoms with Crippen LogP contribution in [0.3, 0.4) is 0 Å². The molecule has 24 heavy (non-hydrogen) atoms. The molecule has 1 N–H and O–H groups in total. The molecule has 0 aromatic carbocycles. The molecular weight excluding hydrogens is 328 g/mol. The molecule has 3 heterocycles. The molecule has 1 aliphatic heterocycles. The summed E-state index contributed by atoms with van der Waals surface area (Å²) in [5.41, 5.74) is 0.679. The molecule has 1 saturated carbocycles. The van der Waals surface area contributed by atoms with Crippen molar-refractivity contribution in [2.45, 2.75) is 50.8 Å². The van der Waals surface area contributed by atoms with E-state index in [2.05, 4.69) is 20.0 Å². The Morgan fingerprint density at radius 3 is 3.04 bits per heavy atom. The van der Waals surface area contributed by atoms with Crippen molar-refractivity contribution in [2.75, 3.05) is 6.54 Å². The van der Waals surface area contributed by atoms with Crippen molar-refractivity contribution in [3.05, 3.63) is 29.4 Å². The molecule has 0 bridgehead atoms. The van der Waals surface area contributed by atoms with Crippen LogP contribution in [-0.2, 0) is 6.54 Å². The molecule has 0 unspecified atom stereocenters. The van der Waals surface area contributed by atoms with E-state index in [9.17, 15) is 5.11 Å². The highest BCUT2D eigenvalue weighted by molar-refractivity contribution is 6.31. The lowest BCUT2D eigenvalue weighted by atomic mass is 9.76. The van der Waals surface area contributed by atoms with Crippen molar-refractivity contribution in [1.82, 2.24) is 20.0 Å². The Morgan fingerprint density at radius 2 is 2.17 bits per heavy atom. The number of piperidine rings is 1. The summed E-state index contributed by atoms with van der Waals surface area (Å²) in [6.07, 6.45) is 6.98. The number of aliphatic hydroxyl groups excluding tert-OH is 1. The van der Waals surface area contributed by atoms with Crippen LogP contribution in [0.5, 0.6) is 0 Å². The fourth-order valence-corrected chi connectivity index (χ4v) is 4.28. The van der Waals surface area contributed by atoms with Gasteiger partial charge in [0, 0.05) is 24.7 Å². The number of halogens is 1. The maximum Gasteiger partial charge on any atom is 0.241 e. The van der Waals surface area contributed by atoms with Crippen LogP contribution in [-0.4, -0.2) is 43.8 Å². The standard InChI is InChI=1S/C17H21ClN4O2/c18-16-12(5-3-8-19-16)17-20-15(24-21-17)10-22-9-7-14(23)11-4-1-2-6-13(11)22/h3,5,8,11,13-14,23H,1-2,4,6-7,9-10H2/t11-,13-,14-/m1/s1. The van der Waals surface area contributed by atoms with Gasteiger partial charge in [0.05, 0.1) is 18.2 Å². The highest BCUT2D eigenvalue weighted by Gasteiger charge is 2.39. The fraction of sp³-hybridized carbons (Fsp3) is 0.588. The minimum Gasteiger partial charge on any atom is -0.393 e. The van der Waals surface area contributed by atoms with E-state index < -0.39 is 0 Å². The summed E-state index contributed by atoms with van der Waals surface area (Å²) >= 11 is 6.10. The van der Waals surface area contributed by atoms with E-state index in [1.165, 1.54) is 12.8 Å². The van der Waals surface area contributed by atoms with Gasteiger partial charge in [0.2, 0.25) is 11.7 Å². The van der Waals surface area contributed by atoms with Gasteiger partial charge in [-0.05, 0) is 31.4 Å². The monoisotopic (exact) mass is 348 g/mol. The van der Waals surface area contributed by atoms with E-state index in [4.69, 9.17) is 16.1 Å². The van der Waals surface area contributed by atoms with E-state index in [1.807, 2.05) is 6.07 Å². The smallest absolute Gasteiger partial charge is 0.241 e. The molecule has 6 nitrogen and oxygen atoms in total. The molecule has 0 amide bonds. The third-order valence-corrected chi connectivity index (χ3v) is 5.56. The summed E-state index contributed by atoms with van der Waals surface area (Å²) in [7, 11) is 0. The maximum atomic E-state index is 10.3. The highest BCUT2D eigenvalue weighted by atomic mass is 35.5. The minimum atomic E-state index is -0.168. The predicted molar refractivity (Wildman–Crippen MR) is 89.3 cm³/mol. The Labute approximate surface area is 145 Å². The van der Waals surface area contributed by atoms with Gasteiger partial charge in [-0.15, -0.1) is 0 Å². The van der Waals surface area contributed by atoms with E-state index in [0.29, 0.717) is 40.9 Å². The lowest BCUT2D eigenvalue weighted by Crippen LogP contribution is -2.52. The summed E-state index contributed by atoms with van der Waals surface area (Å²) in [5, 5.41) is 14.7. The van der Waals surface area contributed by atoms with Crippen molar-refractivity contribution in [3.63, 3.8) is 0 Å². The SMILES string of the molecule is O[C@@H]1CCN(Cc2nc(-c3cccnc3Cl)no2)[C@@H]2CCCC[C@@H]12. The highest BCUT2D eigenvalue weighted by Crippen LogP contribution is 2.36. The van der Waals surface area contributed by atoms with Crippen molar-refractivity contribution >= 4 is 11.6 Å². The lowest BCUT2D eigenvalue weighted by Gasteiger charge is -2.46. The maximum absolute atomic E-state index is 10.3. The van der Waals surface area contributed by atoms with Gasteiger partial charge in [0.15, 0.2) is 0 Å². The molecule has 2 fully saturated rings. The molecule has 4 rings (SSSR count). The molecule has 1 saturated heterocycles. The number of nitrogens with zero attached hydrogens (tertiary/aromatic N) is 4. The number of hydrogen-bond donors (Lipinski definition) is 1. The first kappa shape index (κ1) is 16.0. The van der Waals surface area contributed by atoms with Crippen LogP contribution in [0.2, 0.25) is 5.15 Å². The van der Waals surface area contributed by atoms with Crippen LogP contribution in [0, 0.1) is 5.92 Å². The van der Waals surface area contributed by atoms with Crippen LogP contribution in [0.4, 0.5) is 0 Å². The molecule has 2 aliphatic rings. The molecule has 0 spiro atoms. The molecule has 2 aromatic rings. The molecular formula is C17H21ClN4O2. The third kappa shape index (κ3) is 3.06. The van der Waals surface area contributed by atoms with Crippen LogP contribution >= 0.6 is 11.6 Å². The Morgan fingerprint density at radius 1 is 1.29 bits per heavy atom. The number of aromatic nitrogens is 3. The second kappa shape index (κ2) is 6.78. The quantitative estimate of drug-likeness (QED) is 0.859. The first-order valence-electron chi connectivity index (χ1n) is 8.58. The predicted octanol–water partition coefficient (Wildman–Crippen LogP) is 2.91. The van der Waals surface area contributed by atoms with E-state index in [0.717, 1.165) is 25.8 Å². The van der Waals surface area contributed by atoms with Gasteiger partial charge in [0.25, 0.3) is 0 Å². The number of fused-ring (bicyclic) bond motifs is 1. The number of rotatable bonds is 3. The lowest BCUT2D eigenvalue weighted by molar-refractivity contribution is -0.0425. The Bertz CT molecular complexity index is 707. The first-order valence-corrected chi connectivity index (χ1v) is 8.96. The molecule has 3 atom stereocenters. The summed E-state index contributed by atoms with van der Waals surface area (Å²) in [6.45, 7) is 1.49. The summed E-state index contributed by atoms with van der Waals surface area (Å²) < 4.78 is 5.43. The number of hydrogen-bond acceptors (Lipinski definition) is 6. The zero-order valence-electron chi connectivity index (χ0n) is 13.4. The normalized spacial score (nSPS) is 27.8. The molecule has 0 radical (unpaired) electrons. The van der Waals surface area contributed by atoms with Crippen molar-refractivity contribution in [2.24, 2.45) is 5.92 Å². The molecule has 2 aromatic heterocycles. The van der Waals surface area contributed by atoms with Crippen LogP contribution in [0.1, 0.15) is 38.0 Å². The van der Waals surface area contributed by atoms with Crippen molar-refractivity contribution in [1.29, 1.82) is 0 Å². The number of pyridine rings is 1. The number of likely N-dealkylation sites (tertiary alicyclic amines) is 1. The Hall–Kier alpha value is -1.50. The Kier molecular flexibility index (Phi) is 4.52. The van der Waals surface area contributed by atoms with Gasteiger partial charge in [-0.3, -0.25) is 4.90 Å². The second-order valence-electron chi connectivity index (χ2n) is 6.70. The fourth-order valence-electron chi connectivity index (χ4n) is 4.07.